The van der Waals surface area contributed by atoms with Gasteiger partial charge in [-0.05, 0) is 40.2 Å². The van der Waals surface area contributed by atoms with E-state index in [1.54, 1.807) is 6.07 Å². The van der Waals surface area contributed by atoms with Crippen LogP contribution >= 0.6 is 15.9 Å². The zero-order chi connectivity index (χ0) is 14.7. The second-order valence-corrected chi connectivity index (χ2v) is 4.74. The lowest BCUT2D eigenvalue weighted by Crippen LogP contribution is -2.14. The van der Waals surface area contributed by atoms with Gasteiger partial charge in [-0.15, -0.1) is 0 Å². The Morgan fingerprint density at radius 3 is 2.55 bits per heavy atom. The smallest absolute Gasteiger partial charge is 0.339 e. The largest absolute Gasteiger partial charge is 0.505 e. The second kappa shape index (κ2) is 5.70. The molecule has 0 atom stereocenters. The highest BCUT2D eigenvalue weighted by atomic mass is 79.9. The number of carbonyl (C=O) groups excluding carboxylic acids is 1. The van der Waals surface area contributed by atoms with Crippen LogP contribution in [0.25, 0.3) is 0 Å². The summed E-state index contributed by atoms with van der Waals surface area (Å²) in [6.07, 6.45) is 1.46. The topological polar surface area (TPSA) is 99.5 Å². The zero-order valence-corrected chi connectivity index (χ0v) is 11.6. The van der Waals surface area contributed by atoms with Crippen molar-refractivity contribution in [3.05, 3.63) is 52.3 Å². The molecule has 0 bridgehead atoms. The molecule has 2 aromatic rings. The molecule has 1 aromatic heterocycles. The number of hydrogen-bond donors (Lipinski definition) is 3. The first kappa shape index (κ1) is 14.0. The predicted octanol–water partition coefficient (Wildman–Crippen LogP) is 2.50. The number of anilines is 1. The molecule has 0 radical (unpaired) electrons. The Bertz CT molecular complexity index is 671. The molecule has 0 saturated carbocycles. The number of carboxylic acid groups (broad SMARTS) is 1. The van der Waals surface area contributed by atoms with Gasteiger partial charge in [-0.1, -0.05) is 6.07 Å². The van der Waals surface area contributed by atoms with E-state index < -0.39 is 17.6 Å². The standard InChI is InChI=1S/C13H9BrN2O4/c14-7-4-5-10(15-6-7)12(18)16-9-3-1-2-8(11(9)17)13(19)20/h1-6,17H,(H,16,18)(H,19,20). The van der Waals surface area contributed by atoms with Crippen LogP contribution in [0, 0.1) is 0 Å². The lowest BCUT2D eigenvalue weighted by molar-refractivity contribution is 0.0693. The Morgan fingerprint density at radius 2 is 1.95 bits per heavy atom. The summed E-state index contributed by atoms with van der Waals surface area (Å²) in [4.78, 5) is 26.7. The highest BCUT2D eigenvalue weighted by Crippen LogP contribution is 2.27. The van der Waals surface area contributed by atoms with E-state index in [4.69, 9.17) is 5.11 Å². The van der Waals surface area contributed by atoms with Crippen molar-refractivity contribution in [2.45, 2.75) is 0 Å². The normalized spacial score (nSPS) is 10.1. The van der Waals surface area contributed by atoms with Crippen molar-refractivity contribution >= 4 is 33.5 Å². The summed E-state index contributed by atoms with van der Waals surface area (Å²) in [5, 5.41) is 21.1. The average molecular weight is 337 g/mol. The number of phenols is 1. The van der Waals surface area contributed by atoms with Gasteiger partial charge in [0.25, 0.3) is 5.91 Å². The lowest BCUT2D eigenvalue weighted by atomic mass is 10.1. The van der Waals surface area contributed by atoms with Gasteiger partial charge in [0.15, 0.2) is 5.75 Å². The maximum absolute atomic E-state index is 11.9. The SMILES string of the molecule is O=C(Nc1cccc(C(=O)O)c1O)c1ccc(Br)cn1. The summed E-state index contributed by atoms with van der Waals surface area (Å²) in [5.74, 6) is -2.32. The van der Waals surface area contributed by atoms with Gasteiger partial charge in [0, 0.05) is 10.7 Å². The van der Waals surface area contributed by atoms with Gasteiger partial charge in [0.05, 0.1) is 5.69 Å². The first-order chi connectivity index (χ1) is 9.49. The fraction of sp³-hybridized carbons (Fsp3) is 0. The first-order valence-electron chi connectivity index (χ1n) is 5.47. The number of nitrogens with zero attached hydrogens (tertiary/aromatic N) is 1. The summed E-state index contributed by atoms with van der Waals surface area (Å²) in [5.41, 5.74) is -0.125. The predicted molar refractivity (Wildman–Crippen MR) is 75.0 cm³/mol. The molecule has 1 amide bonds. The monoisotopic (exact) mass is 336 g/mol. The van der Waals surface area contributed by atoms with Gasteiger partial charge in [-0.3, -0.25) is 4.79 Å². The second-order valence-electron chi connectivity index (χ2n) is 3.82. The van der Waals surface area contributed by atoms with E-state index in [0.29, 0.717) is 0 Å². The average Bonchev–Trinajstić information content (AvgIpc) is 2.41. The van der Waals surface area contributed by atoms with Crippen LogP contribution in [-0.2, 0) is 0 Å². The van der Waals surface area contributed by atoms with Gasteiger partial charge < -0.3 is 15.5 Å². The van der Waals surface area contributed by atoms with E-state index in [0.717, 1.165) is 4.47 Å². The Hall–Kier alpha value is -2.41. The third-order valence-corrected chi connectivity index (χ3v) is 2.94. The highest BCUT2D eigenvalue weighted by molar-refractivity contribution is 9.10. The number of hydrogen-bond acceptors (Lipinski definition) is 4. The Balaban J connectivity index is 2.26. The molecule has 20 heavy (non-hydrogen) atoms. The lowest BCUT2D eigenvalue weighted by Gasteiger charge is -2.08. The van der Waals surface area contributed by atoms with Gasteiger partial charge in [-0.2, -0.15) is 0 Å². The number of carboxylic acids is 1. The maximum atomic E-state index is 11.9. The van der Waals surface area contributed by atoms with Crippen molar-refractivity contribution in [2.24, 2.45) is 0 Å². The number of benzene rings is 1. The Kier molecular flexibility index (Phi) is 3.99. The quantitative estimate of drug-likeness (QED) is 0.748. The molecule has 0 saturated heterocycles. The molecule has 7 heteroatoms. The van der Waals surface area contributed by atoms with Crippen LogP contribution in [0.3, 0.4) is 0 Å². The summed E-state index contributed by atoms with van der Waals surface area (Å²) in [7, 11) is 0. The van der Waals surface area contributed by atoms with Crippen molar-refractivity contribution in [1.82, 2.24) is 4.98 Å². The van der Waals surface area contributed by atoms with Crippen molar-refractivity contribution in [2.75, 3.05) is 5.32 Å². The number of aromatic hydroxyl groups is 1. The van der Waals surface area contributed by atoms with E-state index in [1.807, 2.05) is 0 Å². The highest BCUT2D eigenvalue weighted by Gasteiger charge is 2.15. The van der Waals surface area contributed by atoms with Crippen molar-refractivity contribution in [1.29, 1.82) is 0 Å². The third kappa shape index (κ3) is 2.94. The molecule has 2 rings (SSSR count). The van der Waals surface area contributed by atoms with Crippen LogP contribution in [0.2, 0.25) is 0 Å². The molecule has 0 aliphatic rings. The number of amides is 1. The van der Waals surface area contributed by atoms with E-state index in [2.05, 4.69) is 26.2 Å². The summed E-state index contributed by atoms with van der Waals surface area (Å²) >= 11 is 3.20. The fourth-order valence-electron chi connectivity index (χ4n) is 1.51. The summed E-state index contributed by atoms with van der Waals surface area (Å²) in [6.45, 7) is 0. The van der Waals surface area contributed by atoms with E-state index in [1.165, 1.54) is 30.5 Å². The number of rotatable bonds is 3. The molecule has 0 unspecified atom stereocenters. The van der Waals surface area contributed by atoms with Crippen LogP contribution in [-0.4, -0.2) is 27.1 Å². The molecular weight excluding hydrogens is 328 g/mol. The van der Waals surface area contributed by atoms with Gasteiger partial charge in [0.1, 0.15) is 11.3 Å². The van der Waals surface area contributed by atoms with Crippen LogP contribution in [0.4, 0.5) is 5.69 Å². The zero-order valence-electron chi connectivity index (χ0n) is 10.0. The molecule has 1 aromatic carbocycles. The van der Waals surface area contributed by atoms with Crippen molar-refractivity contribution in [3.8, 4) is 5.75 Å². The molecule has 0 spiro atoms. The van der Waals surface area contributed by atoms with E-state index >= 15 is 0 Å². The number of aromatic nitrogens is 1. The molecular formula is C13H9BrN2O4. The van der Waals surface area contributed by atoms with E-state index in [9.17, 15) is 14.7 Å². The van der Waals surface area contributed by atoms with Crippen LogP contribution in [0.15, 0.2) is 41.0 Å². The number of pyridine rings is 1. The van der Waals surface area contributed by atoms with Crippen LogP contribution in [0.1, 0.15) is 20.8 Å². The Morgan fingerprint density at radius 1 is 1.20 bits per heavy atom. The van der Waals surface area contributed by atoms with E-state index in [-0.39, 0.29) is 16.9 Å². The number of nitrogens with one attached hydrogen (secondary N) is 1. The minimum atomic E-state index is -1.28. The minimum Gasteiger partial charge on any atom is -0.505 e. The van der Waals surface area contributed by atoms with Crippen LogP contribution < -0.4 is 5.32 Å². The number of carbonyl (C=O) groups is 2. The van der Waals surface area contributed by atoms with Crippen LogP contribution in [0.5, 0.6) is 5.75 Å². The van der Waals surface area contributed by atoms with Gasteiger partial charge >= 0.3 is 5.97 Å². The molecule has 3 N–H and O–H groups in total. The van der Waals surface area contributed by atoms with Gasteiger partial charge in [0.2, 0.25) is 0 Å². The van der Waals surface area contributed by atoms with Gasteiger partial charge in [-0.25, -0.2) is 9.78 Å². The molecule has 1 heterocycles. The van der Waals surface area contributed by atoms with Crippen molar-refractivity contribution in [3.63, 3.8) is 0 Å². The number of halogens is 1. The first-order valence-corrected chi connectivity index (χ1v) is 6.26. The minimum absolute atomic E-state index is 0.0135. The van der Waals surface area contributed by atoms with Crippen molar-refractivity contribution < 1.29 is 19.8 Å². The molecule has 0 fully saturated rings. The molecule has 102 valence electrons. The fourth-order valence-corrected chi connectivity index (χ4v) is 1.75. The molecule has 0 aliphatic carbocycles. The molecule has 0 aliphatic heterocycles. The Labute approximate surface area is 122 Å². The maximum Gasteiger partial charge on any atom is 0.339 e. The molecule has 6 nitrogen and oxygen atoms in total. The third-order valence-electron chi connectivity index (χ3n) is 2.47. The number of aromatic carboxylic acids is 1. The summed E-state index contributed by atoms with van der Waals surface area (Å²) in [6, 6.07) is 7.21. The number of para-hydroxylation sites is 1. The summed E-state index contributed by atoms with van der Waals surface area (Å²) < 4.78 is 0.727.